The van der Waals surface area contributed by atoms with Crippen LogP contribution in [-0.4, -0.2) is 30.4 Å². The molecule has 0 saturated carbocycles. The van der Waals surface area contributed by atoms with Gasteiger partial charge >= 0.3 is 0 Å². The first kappa shape index (κ1) is 14.2. The van der Waals surface area contributed by atoms with Gasteiger partial charge in [0.2, 0.25) is 0 Å². The molecule has 0 aromatic carbocycles. The van der Waals surface area contributed by atoms with Crippen molar-refractivity contribution in [3.63, 3.8) is 0 Å². The normalized spacial score (nSPS) is 10.8. The molecule has 0 saturated heterocycles. The average molecular weight is 308 g/mol. The summed E-state index contributed by atoms with van der Waals surface area (Å²) in [6, 6.07) is 1.80. The van der Waals surface area contributed by atoms with Crippen LogP contribution in [0.4, 0.5) is 8.78 Å². The van der Waals surface area contributed by atoms with Crippen LogP contribution in [0.15, 0.2) is 22.9 Å². The van der Waals surface area contributed by atoms with E-state index in [4.69, 9.17) is 0 Å². The summed E-state index contributed by atoms with van der Waals surface area (Å²) in [5.74, 6) is -0.0563. The molecule has 1 heterocycles. The third-order valence-electron chi connectivity index (χ3n) is 1.93. The molecule has 0 unspecified atom stereocenters. The molecule has 0 fully saturated rings. The minimum atomic E-state index is -2.49. The predicted octanol–water partition coefficient (Wildman–Crippen LogP) is 2.63. The Morgan fingerprint density at radius 2 is 2.24 bits per heavy atom. The summed E-state index contributed by atoms with van der Waals surface area (Å²) in [4.78, 5) is 15.4. The first-order valence-electron chi connectivity index (χ1n) is 5.05. The van der Waals surface area contributed by atoms with Crippen molar-refractivity contribution in [3.05, 3.63) is 28.5 Å². The van der Waals surface area contributed by atoms with Crippen LogP contribution < -0.4 is 0 Å². The minimum absolute atomic E-state index is 0.0323. The fourth-order valence-corrected chi connectivity index (χ4v) is 1.64. The van der Waals surface area contributed by atoms with E-state index in [1.165, 1.54) is 0 Å². The molecule has 0 N–H and O–H groups in total. The van der Waals surface area contributed by atoms with E-state index < -0.39 is 13.0 Å². The monoisotopic (exact) mass is 307 g/mol. The average Bonchev–Trinajstić information content (AvgIpc) is 2.24. The van der Waals surface area contributed by atoms with Gasteiger partial charge < -0.3 is 4.74 Å². The fraction of sp³-hybridized carbons (Fsp3) is 0.455. The third-order valence-corrected chi connectivity index (χ3v) is 2.37. The van der Waals surface area contributed by atoms with Crippen molar-refractivity contribution in [2.24, 2.45) is 0 Å². The van der Waals surface area contributed by atoms with Crippen molar-refractivity contribution in [2.45, 2.75) is 19.3 Å². The van der Waals surface area contributed by atoms with Gasteiger partial charge in [0, 0.05) is 29.7 Å². The predicted molar refractivity (Wildman–Crippen MR) is 62.1 cm³/mol. The maximum atomic E-state index is 11.7. The molecule has 94 valence electrons. The lowest BCUT2D eigenvalue weighted by atomic mass is 10.1. The molecular formula is C11H12BrF2NO2. The molecule has 0 atom stereocenters. The Bertz CT molecular complexity index is 374. The molecule has 0 aliphatic rings. The topological polar surface area (TPSA) is 39.2 Å². The van der Waals surface area contributed by atoms with Crippen molar-refractivity contribution in [1.82, 2.24) is 4.98 Å². The van der Waals surface area contributed by atoms with E-state index in [-0.39, 0.29) is 25.2 Å². The summed E-state index contributed by atoms with van der Waals surface area (Å²) in [5.41, 5.74) is 0.790. The molecule has 0 bridgehead atoms. The number of hydrogen-bond acceptors (Lipinski definition) is 3. The Morgan fingerprint density at radius 3 is 2.88 bits per heavy atom. The highest BCUT2D eigenvalue weighted by atomic mass is 79.9. The summed E-state index contributed by atoms with van der Waals surface area (Å²) < 4.78 is 28.9. The van der Waals surface area contributed by atoms with Gasteiger partial charge in [-0.3, -0.25) is 9.78 Å². The number of carbonyl (C=O) groups excluding carboxylic acids is 1. The summed E-state index contributed by atoms with van der Waals surface area (Å²) in [7, 11) is 0. The van der Waals surface area contributed by atoms with Crippen LogP contribution in [0.2, 0.25) is 0 Å². The first-order chi connectivity index (χ1) is 8.08. The number of alkyl halides is 2. The van der Waals surface area contributed by atoms with Crippen LogP contribution in [-0.2, 0) is 16.0 Å². The summed E-state index contributed by atoms with van der Waals surface area (Å²) >= 11 is 3.25. The Labute approximate surface area is 106 Å². The number of carbonyl (C=O) groups is 1. The highest BCUT2D eigenvalue weighted by Crippen LogP contribution is 2.10. The van der Waals surface area contributed by atoms with E-state index in [1.54, 1.807) is 18.5 Å². The highest BCUT2D eigenvalue weighted by molar-refractivity contribution is 9.10. The lowest BCUT2D eigenvalue weighted by Gasteiger charge is -2.03. The Hall–Kier alpha value is -0.880. The zero-order chi connectivity index (χ0) is 12.7. The number of hydrogen-bond donors (Lipinski definition) is 0. The van der Waals surface area contributed by atoms with Crippen LogP contribution in [0.5, 0.6) is 0 Å². The van der Waals surface area contributed by atoms with Crippen molar-refractivity contribution in [1.29, 1.82) is 0 Å². The summed E-state index contributed by atoms with van der Waals surface area (Å²) in [6.07, 6.45) is 1.12. The number of ketones is 1. The van der Waals surface area contributed by atoms with Gasteiger partial charge in [0.1, 0.15) is 12.4 Å². The van der Waals surface area contributed by atoms with Crippen LogP contribution in [0.25, 0.3) is 0 Å². The standard InChI is InChI=1S/C11H12BrF2NO2/c12-9-3-8(5-15-6-9)4-10(16)1-2-17-7-11(13)14/h3,5-6,11H,1-2,4,7H2. The third kappa shape index (κ3) is 6.43. The Morgan fingerprint density at radius 1 is 1.47 bits per heavy atom. The molecule has 1 aromatic heterocycles. The summed E-state index contributed by atoms with van der Waals surface area (Å²) in [6.45, 7) is -0.587. The zero-order valence-electron chi connectivity index (χ0n) is 9.04. The number of halogens is 3. The second-order valence-electron chi connectivity index (χ2n) is 3.44. The van der Waals surface area contributed by atoms with E-state index >= 15 is 0 Å². The number of ether oxygens (including phenoxy) is 1. The van der Waals surface area contributed by atoms with E-state index in [0.717, 1.165) is 10.0 Å². The second kappa shape index (κ2) is 7.45. The van der Waals surface area contributed by atoms with Gasteiger partial charge in [-0.2, -0.15) is 0 Å². The van der Waals surface area contributed by atoms with E-state index in [1.807, 2.05) is 0 Å². The molecule has 0 aliphatic carbocycles. The number of rotatable bonds is 7. The van der Waals surface area contributed by atoms with Gasteiger partial charge in [0.05, 0.1) is 6.61 Å². The van der Waals surface area contributed by atoms with Crippen molar-refractivity contribution >= 4 is 21.7 Å². The van der Waals surface area contributed by atoms with Crippen LogP contribution in [0.1, 0.15) is 12.0 Å². The number of pyridine rings is 1. The van der Waals surface area contributed by atoms with Gasteiger partial charge in [0.15, 0.2) is 0 Å². The van der Waals surface area contributed by atoms with E-state index in [0.29, 0.717) is 0 Å². The smallest absolute Gasteiger partial charge is 0.261 e. The molecule has 6 heteroatoms. The lowest BCUT2D eigenvalue weighted by molar-refractivity contribution is -0.119. The summed E-state index contributed by atoms with van der Waals surface area (Å²) in [5, 5.41) is 0. The maximum absolute atomic E-state index is 11.7. The molecule has 3 nitrogen and oxygen atoms in total. The molecular weight excluding hydrogens is 296 g/mol. The van der Waals surface area contributed by atoms with Crippen LogP contribution >= 0.6 is 15.9 Å². The quantitative estimate of drug-likeness (QED) is 0.727. The number of nitrogens with zero attached hydrogens (tertiary/aromatic N) is 1. The van der Waals surface area contributed by atoms with Gasteiger partial charge in [-0.15, -0.1) is 0 Å². The Kier molecular flexibility index (Phi) is 6.21. The molecule has 17 heavy (non-hydrogen) atoms. The fourth-order valence-electron chi connectivity index (χ4n) is 1.23. The lowest BCUT2D eigenvalue weighted by Crippen LogP contribution is -2.10. The van der Waals surface area contributed by atoms with Gasteiger partial charge in [-0.05, 0) is 27.6 Å². The zero-order valence-corrected chi connectivity index (χ0v) is 10.6. The minimum Gasteiger partial charge on any atom is -0.375 e. The molecule has 0 spiro atoms. The van der Waals surface area contributed by atoms with E-state index in [9.17, 15) is 13.6 Å². The molecule has 0 radical (unpaired) electrons. The first-order valence-corrected chi connectivity index (χ1v) is 5.84. The van der Waals surface area contributed by atoms with Crippen LogP contribution in [0.3, 0.4) is 0 Å². The van der Waals surface area contributed by atoms with Crippen molar-refractivity contribution in [3.8, 4) is 0 Å². The maximum Gasteiger partial charge on any atom is 0.261 e. The SMILES string of the molecule is O=C(CCOCC(F)F)Cc1cncc(Br)c1. The number of Topliss-reactive ketones (excluding diaryl/α,β-unsaturated/α-hetero) is 1. The Balaban J connectivity index is 2.25. The van der Waals surface area contributed by atoms with Crippen molar-refractivity contribution in [2.75, 3.05) is 13.2 Å². The number of aromatic nitrogens is 1. The largest absolute Gasteiger partial charge is 0.375 e. The molecule has 1 rings (SSSR count). The molecule has 0 aliphatic heterocycles. The highest BCUT2D eigenvalue weighted by Gasteiger charge is 2.06. The van der Waals surface area contributed by atoms with Gasteiger partial charge in [-0.1, -0.05) is 0 Å². The van der Waals surface area contributed by atoms with Gasteiger partial charge in [0.25, 0.3) is 6.43 Å². The van der Waals surface area contributed by atoms with Crippen LogP contribution in [0, 0.1) is 0 Å². The molecule has 0 amide bonds. The van der Waals surface area contributed by atoms with Crippen molar-refractivity contribution < 1.29 is 18.3 Å². The van der Waals surface area contributed by atoms with E-state index in [2.05, 4.69) is 25.7 Å². The van der Waals surface area contributed by atoms with Gasteiger partial charge in [-0.25, -0.2) is 8.78 Å². The molecule has 1 aromatic rings. The second-order valence-corrected chi connectivity index (χ2v) is 4.36.